The van der Waals surface area contributed by atoms with E-state index in [-0.39, 0.29) is 0 Å². The molecule has 0 radical (unpaired) electrons. The normalized spacial score (nSPS) is 16.9. The Hall–Kier alpha value is -1.23. The molecule has 0 saturated carbocycles. The van der Waals surface area contributed by atoms with E-state index in [1.165, 1.54) is 25.2 Å². The molecule has 15 heavy (non-hydrogen) atoms. The summed E-state index contributed by atoms with van der Waals surface area (Å²) in [5, 5.41) is 0. The van der Waals surface area contributed by atoms with E-state index >= 15 is 0 Å². The molecule has 4 nitrogen and oxygen atoms in total. The van der Waals surface area contributed by atoms with Crippen molar-refractivity contribution in [2.24, 2.45) is 0 Å². The summed E-state index contributed by atoms with van der Waals surface area (Å²) in [4.78, 5) is 9.50. The van der Waals surface area contributed by atoms with Gasteiger partial charge in [-0.25, -0.2) is 9.97 Å². The zero-order valence-corrected chi connectivity index (χ0v) is 8.53. The molecule has 0 amide bonds. The number of hydrogen-bond acceptors (Lipinski definition) is 4. The topological polar surface area (TPSA) is 38.2 Å². The van der Waals surface area contributed by atoms with E-state index < -0.39 is 5.95 Å². The molecule has 0 spiro atoms. The Morgan fingerprint density at radius 2 is 2.13 bits per heavy atom. The first kappa shape index (κ1) is 10.3. The molecule has 0 bridgehead atoms. The van der Waals surface area contributed by atoms with Gasteiger partial charge in [0.05, 0.1) is 6.07 Å². The maximum Gasteiger partial charge on any atom is 0.219 e. The highest BCUT2D eigenvalue weighted by Gasteiger charge is 2.10. The second-order valence-electron chi connectivity index (χ2n) is 3.58. The molecule has 0 N–H and O–H groups in total. The zero-order chi connectivity index (χ0) is 10.5. The molecule has 0 aliphatic carbocycles. The first-order valence-electron chi connectivity index (χ1n) is 5.17. The molecular formula is C10H14FN3O. The third-order valence-electron chi connectivity index (χ3n) is 2.46. The predicted octanol–water partition coefficient (Wildman–Crippen LogP) is 1.09. The van der Waals surface area contributed by atoms with E-state index in [0.29, 0.717) is 12.5 Å². The van der Waals surface area contributed by atoms with Gasteiger partial charge in [0.25, 0.3) is 0 Å². The van der Waals surface area contributed by atoms with Crippen LogP contribution in [0, 0.1) is 5.95 Å². The van der Waals surface area contributed by atoms with Crippen LogP contribution in [0.25, 0.3) is 0 Å². The fourth-order valence-corrected chi connectivity index (χ4v) is 1.68. The van der Waals surface area contributed by atoms with Crippen molar-refractivity contribution < 1.29 is 9.13 Å². The van der Waals surface area contributed by atoms with Gasteiger partial charge in [-0.15, -0.1) is 0 Å². The average Bonchev–Trinajstić information content (AvgIpc) is 2.71. The van der Waals surface area contributed by atoms with Crippen molar-refractivity contribution in [2.45, 2.75) is 12.8 Å². The van der Waals surface area contributed by atoms with Gasteiger partial charge in [-0.3, -0.25) is 4.90 Å². The number of nitrogens with zero attached hydrogens (tertiary/aromatic N) is 3. The summed E-state index contributed by atoms with van der Waals surface area (Å²) in [6.07, 6.45) is 3.70. The van der Waals surface area contributed by atoms with Crippen LogP contribution >= 0.6 is 0 Å². The van der Waals surface area contributed by atoms with Gasteiger partial charge in [-0.2, -0.15) is 4.39 Å². The Morgan fingerprint density at radius 1 is 1.33 bits per heavy atom. The summed E-state index contributed by atoms with van der Waals surface area (Å²) in [6.45, 7) is 3.71. The number of ether oxygens (including phenoxy) is 1. The Labute approximate surface area is 88.1 Å². The highest BCUT2D eigenvalue weighted by atomic mass is 19.1. The Morgan fingerprint density at radius 3 is 2.87 bits per heavy atom. The molecule has 1 aliphatic rings. The molecule has 2 heterocycles. The van der Waals surface area contributed by atoms with Gasteiger partial charge >= 0.3 is 0 Å². The highest BCUT2D eigenvalue weighted by molar-refractivity contribution is 5.05. The van der Waals surface area contributed by atoms with Crippen LogP contribution in [-0.2, 0) is 0 Å². The van der Waals surface area contributed by atoms with Crippen molar-refractivity contribution in [3.63, 3.8) is 0 Å². The zero-order valence-electron chi connectivity index (χ0n) is 8.53. The van der Waals surface area contributed by atoms with Gasteiger partial charge in [0.2, 0.25) is 11.8 Å². The quantitative estimate of drug-likeness (QED) is 0.699. The molecule has 1 fully saturated rings. The van der Waals surface area contributed by atoms with Crippen molar-refractivity contribution in [1.29, 1.82) is 0 Å². The van der Waals surface area contributed by atoms with Crippen LogP contribution in [0.2, 0.25) is 0 Å². The fourth-order valence-electron chi connectivity index (χ4n) is 1.68. The van der Waals surface area contributed by atoms with Gasteiger partial charge < -0.3 is 4.74 Å². The molecular weight excluding hydrogens is 197 g/mol. The van der Waals surface area contributed by atoms with E-state index in [1.54, 1.807) is 0 Å². The van der Waals surface area contributed by atoms with Crippen LogP contribution in [0.5, 0.6) is 5.88 Å². The minimum absolute atomic E-state index is 0.307. The second kappa shape index (κ2) is 5.02. The lowest BCUT2D eigenvalue weighted by Crippen LogP contribution is -2.25. The molecule has 0 aromatic carbocycles. The minimum Gasteiger partial charge on any atom is -0.476 e. The Kier molecular flexibility index (Phi) is 3.45. The summed E-state index contributed by atoms with van der Waals surface area (Å²) >= 11 is 0. The molecule has 2 rings (SSSR count). The Balaban J connectivity index is 1.73. The lowest BCUT2D eigenvalue weighted by Gasteiger charge is -2.14. The number of halogens is 1. The van der Waals surface area contributed by atoms with Crippen LogP contribution in [0.15, 0.2) is 12.4 Å². The molecule has 1 aromatic heterocycles. The average molecular weight is 211 g/mol. The summed E-state index contributed by atoms with van der Waals surface area (Å²) in [5.74, 6) is -0.247. The van der Waals surface area contributed by atoms with Gasteiger partial charge in [0, 0.05) is 6.54 Å². The van der Waals surface area contributed by atoms with Gasteiger partial charge in [-0.05, 0) is 25.9 Å². The van der Waals surface area contributed by atoms with E-state index in [4.69, 9.17) is 4.74 Å². The lowest BCUT2D eigenvalue weighted by molar-refractivity contribution is 0.230. The van der Waals surface area contributed by atoms with Crippen LogP contribution in [-0.4, -0.2) is 41.1 Å². The molecule has 1 aliphatic heterocycles. The first-order valence-corrected chi connectivity index (χ1v) is 5.17. The van der Waals surface area contributed by atoms with E-state index in [0.717, 1.165) is 19.6 Å². The molecule has 0 unspecified atom stereocenters. The van der Waals surface area contributed by atoms with Crippen molar-refractivity contribution >= 4 is 0 Å². The maximum absolute atomic E-state index is 12.7. The maximum atomic E-state index is 12.7. The smallest absolute Gasteiger partial charge is 0.219 e. The van der Waals surface area contributed by atoms with Crippen LogP contribution in [0.3, 0.4) is 0 Å². The first-order chi connectivity index (χ1) is 7.34. The summed E-state index contributed by atoms with van der Waals surface area (Å²) in [6, 6.07) is 1.20. The van der Waals surface area contributed by atoms with Gasteiger partial charge in [0.15, 0.2) is 0 Å². The molecule has 1 saturated heterocycles. The summed E-state index contributed by atoms with van der Waals surface area (Å²) in [5.41, 5.74) is 0. The standard InChI is InChI=1S/C10H14FN3O/c11-9-7-10(13-8-12-9)15-6-5-14-3-1-2-4-14/h7-8H,1-6H2. The van der Waals surface area contributed by atoms with Crippen LogP contribution < -0.4 is 4.74 Å². The third-order valence-corrected chi connectivity index (χ3v) is 2.46. The number of rotatable bonds is 4. The van der Waals surface area contributed by atoms with Crippen molar-refractivity contribution in [1.82, 2.24) is 14.9 Å². The lowest BCUT2D eigenvalue weighted by atomic mass is 10.4. The van der Waals surface area contributed by atoms with Crippen LogP contribution in [0.4, 0.5) is 4.39 Å². The SMILES string of the molecule is Fc1cc(OCCN2CCCC2)ncn1. The summed E-state index contributed by atoms with van der Waals surface area (Å²) < 4.78 is 18.0. The summed E-state index contributed by atoms with van der Waals surface area (Å²) in [7, 11) is 0. The second-order valence-corrected chi connectivity index (χ2v) is 3.58. The number of aromatic nitrogens is 2. The Bertz CT molecular complexity index is 315. The molecule has 5 heteroatoms. The van der Waals surface area contributed by atoms with Gasteiger partial charge in [-0.1, -0.05) is 0 Å². The van der Waals surface area contributed by atoms with E-state index in [1.807, 2.05) is 0 Å². The van der Waals surface area contributed by atoms with Crippen LogP contribution in [0.1, 0.15) is 12.8 Å². The molecule has 82 valence electrons. The largest absolute Gasteiger partial charge is 0.476 e. The molecule has 1 aromatic rings. The van der Waals surface area contributed by atoms with E-state index in [9.17, 15) is 4.39 Å². The molecule has 0 atom stereocenters. The van der Waals surface area contributed by atoms with Crippen molar-refractivity contribution in [3.05, 3.63) is 18.3 Å². The van der Waals surface area contributed by atoms with Crippen molar-refractivity contribution in [2.75, 3.05) is 26.2 Å². The highest BCUT2D eigenvalue weighted by Crippen LogP contribution is 2.08. The predicted molar refractivity (Wildman–Crippen MR) is 53.2 cm³/mol. The fraction of sp³-hybridized carbons (Fsp3) is 0.600. The monoisotopic (exact) mass is 211 g/mol. The number of likely N-dealkylation sites (tertiary alicyclic amines) is 1. The van der Waals surface area contributed by atoms with Crippen molar-refractivity contribution in [3.8, 4) is 5.88 Å². The van der Waals surface area contributed by atoms with E-state index in [2.05, 4.69) is 14.9 Å². The third kappa shape index (κ3) is 3.13. The van der Waals surface area contributed by atoms with Gasteiger partial charge in [0.1, 0.15) is 12.9 Å². The minimum atomic E-state index is -0.554. The number of hydrogen-bond donors (Lipinski definition) is 0.